The lowest BCUT2D eigenvalue weighted by Crippen LogP contribution is -2.32. The molecule has 0 aliphatic heterocycles. The molecule has 8 heteroatoms. The van der Waals surface area contributed by atoms with E-state index in [0.29, 0.717) is 25.7 Å². The summed E-state index contributed by atoms with van der Waals surface area (Å²) in [6.45, 7) is 0. The van der Waals surface area contributed by atoms with Gasteiger partial charge in [0.2, 0.25) is 0 Å². The van der Waals surface area contributed by atoms with Crippen molar-refractivity contribution in [1.29, 1.82) is 0 Å². The fourth-order valence-corrected chi connectivity index (χ4v) is 3.17. The first-order chi connectivity index (χ1) is 9.72. The molecular formula is C13H16F3NO3S. The maximum atomic E-state index is 12.7. The third kappa shape index (κ3) is 3.49. The van der Waals surface area contributed by atoms with Crippen LogP contribution in [-0.4, -0.2) is 26.1 Å². The molecule has 2 N–H and O–H groups in total. The zero-order valence-electron chi connectivity index (χ0n) is 11.1. The molecule has 0 unspecified atom stereocenters. The summed E-state index contributed by atoms with van der Waals surface area (Å²) in [6.07, 6.45) is 2.30. The highest BCUT2D eigenvalue weighted by atomic mass is 32.2. The Hall–Kier alpha value is -1.28. The van der Waals surface area contributed by atoms with Crippen molar-refractivity contribution in [2.24, 2.45) is 5.73 Å². The lowest BCUT2D eigenvalue weighted by Gasteiger charge is -2.27. The Balaban J connectivity index is 2.26. The lowest BCUT2D eigenvalue weighted by molar-refractivity contribution is -0.0438. The molecule has 2 rings (SSSR count). The Kier molecular flexibility index (Phi) is 4.48. The van der Waals surface area contributed by atoms with Crippen molar-refractivity contribution in [2.75, 3.05) is 0 Å². The molecule has 0 heterocycles. The third-order valence-corrected chi connectivity index (χ3v) is 4.98. The van der Waals surface area contributed by atoms with Gasteiger partial charge in [0.1, 0.15) is 10.6 Å². The van der Waals surface area contributed by atoms with Crippen molar-refractivity contribution < 1.29 is 26.3 Å². The fraction of sp³-hybridized carbons (Fsp3) is 0.538. The van der Waals surface area contributed by atoms with E-state index in [1.54, 1.807) is 0 Å². The van der Waals surface area contributed by atoms with Crippen LogP contribution in [0.2, 0.25) is 0 Å². The van der Waals surface area contributed by atoms with Crippen molar-refractivity contribution >= 4 is 9.84 Å². The Morgan fingerprint density at radius 2 is 1.67 bits per heavy atom. The minimum absolute atomic E-state index is 0.0685. The number of nitrogens with two attached hydrogens (primary N) is 1. The molecule has 1 aliphatic rings. The lowest BCUT2D eigenvalue weighted by atomic mass is 9.94. The topological polar surface area (TPSA) is 69.4 Å². The average molecular weight is 323 g/mol. The van der Waals surface area contributed by atoms with Crippen LogP contribution in [-0.2, 0) is 9.84 Å². The van der Waals surface area contributed by atoms with E-state index in [4.69, 9.17) is 10.5 Å². The van der Waals surface area contributed by atoms with Crippen molar-refractivity contribution in [3.63, 3.8) is 0 Å². The van der Waals surface area contributed by atoms with E-state index in [1.165, 1.54) is 18.2 Å². The van der Waals surface area contributed by atoms with Crippen LogP contribution >= 0.6 is 0 Å². The smallest absolute Gasteiger partial charge is 0.489 e. The van der Waals surface area contributed by atoms with Gasteiger partial charge in [-0.3, -0.25) is 0 Å². The standard InChI is InChI=1S/C13H16F3NO3S/c14-13(15,16)21(18,19)12-4-2-1-3-11(12)20-10-7-5-9(17)6-8-10/h1-4,9-10H,5-8,17H2. The highest BCUT2D eigenvalue weighted by molar-refractivity contribution is 7.92. The van der Waals surface area contributed by atoms with Crippen LogP contribution in [0.4, 0.5) is 13.2 Å². The second-order valence-electron chi connectivity index (χ2n) is 5.05. The van der Waals surface area contributed by atoms with Crippen molar-refractivity contribution in [2.45, 2.75) is 48.2 Å². The molecule has 0 amide bonds. The summed E-state index contributed by atoms with van der Waals surface area (Å²) in [6, 6.07) is 4.90. The number of rotatable bonds is 3. The summed E-state index contributed by atoms with van der Waals surface area (Å²) in [7, 11) is -5.42. The van der Waals surface area contributed by atoms with E-state index in [2.05, 4.69) is 0 Å². The second-order valence-corrected chi connectivity index (χ2v) is 6.96. The zero-order chi connectivity index (χ0) is 15.7. The Morgan fingerprint density at radius 3 is 2.24 bits per heavy atom. The van der Waals surface area contributed by atoms with Crippen LogP contribution in [0.15, 0.2) is 29.2 Å². The van der Waals surface area contributed by atoms with Gasteiger partial charge in [0.05, 0.1) is 6.10 Å². The molecule has 0 saturated heterocycles. The van der Waals surface area contributed by atoms with Crippen LogP contribution in [0, 0.1) is 0 Å². The highest BCUT2D eigenvalue weighted by Gasteiger charge is 2.48. The third-order valence-electron chi connectivity index (χ3n) is 3.46. The van der Waals surface area contributed by atoms with E-state index >= 15 is 0 Å². The molecule has 1 aromatic carbocycles. The predicted molar refractivity (Wildman–Crippen MR) is 70.5 cm³/mol. The van der Waals surface area contributed by atoms with Gasteiger partial charge in [0.25, 0.3) is 9.84 Å². The van der Waals surface area contributed by atoms with Crippen molar-refractivity contribution in [3.8, 4) is 5.75 Å². The quantitative estimate of drug-likeness (QED) is 0.928. The van der Waals surface area contributed by atoms with Gasteiger partial charge in [-0.25, -0.2) is 8.42 Å². The van der Waals surface area contributed by atoms with Crippen molar-refractivity contribution in [3.05, 3.63) is 24.3 Å². The van der Waals surface area contributed by atoms with Gasteiger partial charge in [-0.2, -0.15) is 13.2 Å². The highest BCUT2D eigenvalue weighted by Crippen LogP contribution is 2.36. The molecule has 1 aliphatic carbocycles. The largest absolute Gasteiger partial charge is 0.502 e. The molecular weight excluding hydrogens is 307 g/mol. The van der Waals surface area contributed by atoms with E-state index in [-0.39, 0.29) is 17.9 Å². The Bertz CT molecular complexity index is 593. The second kappa shape index (κ2) is 5.84. The molecule has 4 nitrogen and oxygen atoms in total. The number of sulfone groups is 1. The van der Waals surface area contributed by atoms with Gasteiger partial charge in [-0.05, 0) is 37.8 Å². The Morgan fingerprint density at radius 1 is 1.10 bits per heavy atom. The summed E-state index contributed by atoms with van der Waals surface area (Å²) in [5.41, 5.74) is 0.401. The number of hydrogen-bond acceptors (Lipinski definition) is 4. The minimum Gasteiger partial charge on any atom is -0.489 e. The molecule has 1 saturated carbocycles. The monoisotopic (exact) mass is 323 g/mol. The van der Waals surface area contributed by atoms with Gasteiger partial charge in [-0.1, -0.05) is 12.1 Å². The van der Waals surface area contributed by atoms with Crippen LogP contribution in [0.25, 0.3) is 0 Å². The van der Waals surface area contributed by atoms with Crippen LogP contribution in [0.5, 0.6) is 5.75 Å². The zero-order valence-corrected chi connectivity index (χ0v) is 12.0. The van der Waals surface area contributed by atoms with Gasteiger partial charge < -0.3 is 10.5 Å². The molecule has 0 spiro atoms. The number of alkyl halides is 3. The average Bonchev–Trinajstić information content (AvgIpc) is 2.40. The normalized spacial score (nSPS) is 23.8. The number of ether oxygens (including phenoxy) is 1. The molecule has 21 heavy (non-hydrogen) atoms. The predicted octanol–water partition coefficient (Wildman–Crippen LogP) is 2.63. The first kappa shape index (κ1) is 16.1. The summed E-state index contributed by atoms with van der Waals surface area (Å²) in [5.74, 6) is -0.254. The summed E-state index contributed by atoms with van der Waals surface area (Å²) in [5, 5.41) is 0. The first-order valence-electron chi connectivity index (χ1n) is 6.54. The molecule has 118 valence electrons. The fourth-order valence-electron chi connectivity index (χ4n) is 2.28. The first-order valence-corrected chi connectivity index (χ1v) is 8.03. The van der Waals surface area contributed by atoms with Crippen LogP contribution in [0.1, 0.15) is 25.7 Å². The van der Waals surface area contributed by atoms with E-state index in [1.807, 2.05) is 0 Å². The minimum atomic E-state index is -5.42. The molecule has 0 radical (unpaired) electrons. The maximum absolute atomic E-state index is 12.7. The van der Waals surface area contributed by atoms with Crippen LogP contribution < -0.4 is 10.5 Å². The van der Waals surface area contributed by atoms with Gasteiger partial charge in [0, 0.05) is 6.04 Å². The van der Waals surface area contributed by atoms with Crippen molar-refractivity contribution in [1.82, 2.24) is 0 Å². The van der Waals surface area contributed by atoms with Gasteiger partial charge in [0.15, 0.2) is 0 Å². The molecule has 0 atom stereocenters. The number of halogens is 3. The molecule has 0 bridgehead atoms. The summed E-state index contributed by atoms with van der Waals surface area (Å²) in [4.78, 5) is -0.840. The van der Waals surface area contributed by atoms with Crippen LogP contribution in [0.3, 0.4) is 0 Å². The summed E-state index contributed by atoms with van der Waals surface area (Å²) < 4.78 is 66.6. The number of benzene rings is 1. The number of hydrogen-bond donors (Lipinski definition) is 1. The molecule has 1 fully saturated rings. The van der Waals surface area contributed by atoms with E-state index < -0.39 is 20.2 Å². The van der Waals surface area contributed by atoms with Gasteiger partial charge >= 0.3 is 5.51 Å². The number of para-hydroxylation sites is 1. The van der Waals surface area contributed by atoms with E-state index in [9.17, 15) is 21.6 Å². The summed E-state index contributed by atoms with van der Waals surface area (Å²) >= 11 is 0. The van der Waals surface area contributed by atoms with E-state index in [0.717, 1.165) is 6.07 Å². The molecule has 0 aromatic heterocycles. The maximum Gasteiger partial charge on any atom is 0.502 e. The Labute approximate surface area is 121 Å². The van der Waals surface area contributed by atoms with Gasteiger partial charge in [-0.15, -0.1) is 0 Å². The molecule has 1 aromatic rings. The SMILES string of the molecule is NC1CCC(Oc2ccccc2S(=O)(=O)C(F)(F)F)CC1.